The van der Waals surface area contributed by atoms with Crippen LogP contribution in [0, 0.1) is 6.92 Å². The fraction of sp³-hybridized carbons (Fsp3) is 0.176. The Bertz CT molecular complexity index is 741. The molecule has 0 fully saturated rings. The van der Waals surface area contributed by atoms with Gasteiger partial charge in [-0.25, -0.2) is 0 Å². The van der Waals surface area contributed by atoms with E-state index in [0.29, 0.717) is 12.0 Å². The van der Waals surface area contributed by atoms with Crippen molar-refractivity contribution >= 4 is 28.7 Å². The molecule has 0 atom stereocenters. The molecular weight excluding hydrogens is 262 g/mol. The molecule has 0 radical (unpaired) electrons. The van der Waals surface area contributed by atoms with Crippen molar-refractivity contribution in [2.45, 2.75) is 20.3 Å². The maximum Gasteiger partial charge on any atom is 0.276 e. The summed E-state index contributed by atoms with van der Waals surface area (Å²) in [6.45, 7) is 3.93. The number of hydrogen-bond acceptors (Lipinski definition) is 1. The van der Waals surface area contributed by atoms with E-state index in [9.17, 15) is 4.79 Å². The van der Waals surface area contributed by atoms with E-state index in [1.54, 1.807) is 0 Å². The molecule has 0 aliphatic rings. The topological polar surface area (TPSA) is 81.5 Å². The minimum atomic E-state index is -0.384. The van der Waals surface area contributed by atoms with Crippen molar-refractivity contribution in [1.29, 1.82) is 0 Å². The summed E-state index contributed by atoms with van der Waals surface area (Å²) in [5, 5.41) is 2.32. The lowest BCUT2D eigenvalue weighted by atomic mass is 9.99. The van der Waals surface area contributed by atoms with Gasteiger partial charge in [0.2, 0.25) is 0 Å². The third-order valence-corrected chi connectivity index (χ3v) is 3.35. The fourth-order valence-electron chi connectivity index (χ4n) is 2.22. The van der Waals surface area contributed by atoms with Crippen molar-refractivity contribution in [3.05, 3.63) is 53.1 Å². The highest BCUT2D eigenvalue weighted by molar-refractivity contribution is 6.04. The molecule has 4 N–H and O–H groups in total. The highest BCUT2D eigenvalue weighted by Crippen LogP contribution is 2.22. The van der Waals surface area contributed by atoms with E-state index in [4.69, 9.17) is 11.5 Å². The summed E-state index contributed by atoms with van der Waals surface area (Å²) in [7, 11) is 0. The summed E-state index contributed by atoms with van der Waals surface area (Å²) >= 11 is 0. The van der Waals surface area contributed by atoms with E-state index in [-0.39, 0.29) is 11.9 Å². The zero-order chi connectivity index (χ0) is 15.4. The standard InChI is InChI=1S/C17H19N3O/c1-3-12(16(21)20-17(18)19)9-15-10-14-7-5-4-6-13(14)8-11(15)2/h4-10H,3H2,1-2H3,(H4,18,19,20,21). The first-order chi connectivity index (χ1) is 10.0. The Morgan fingerprint density at radius 1 is 1.19 bits per heavy atom. The number of rotatable bonds is 3. The summed E-state index contributed by atoms with van der Waals surface area (Å²) in [5.41, 5.74) is 13.2. The first-order valence-electron chi connectivity index (χ1n) is 6.85. The van der Waals surface area contributed by atoms with E-state index in [1.165, 1.54) is 5.39 Å². The minimum absolute atomic E-state index is 0.213. The molecule has 21 heavy (non-hydrogen) atoms. The van der Waals surface area contributed by atoms with Crippen LogP contribution in [0.25, 0.3) is 16.8 Å². The number of hydrogen-bond donors (Lipinski definition) is 2. The number of carbonyl (C=O) groups is 1. The molecular formula is C17H19N3O. The van der Waals surface area contributed by atoms with Crippen LogP contribution in [-0.4, -0.2) is 11.9 Å². The fourth-order valence-corrected chi connectivity index (χ4v) is 2.22. The number of guanidine groups is 1. The number of fused-ring (bicyclic) bond motifs is 1. The van der Waals surface area contributed by atoms with Crippen molar-refractivity contribution in [1.82, 2.24) is 0 Å². The molecule has 0 unspecified atom stereocenters. The van der Waals surface area contributed by atoms with Gasteiger partial charge in [0.1, 0.15) is 0 Å². The van der Waals surface area contributed by atoms with Crippen LogP contribution >= 0.6 is 0 Å². The Labute approximate surface area is 124 Å². The number of aliphatic imine (C=N–C) groups is 1. The highest BCUT2D eigenvalue weighted by atomic mass is 16.1. The molecule has 0 spiro atoms. The highest BCUT2D eigenvalue weighted by Gasteiger charge is 2.08. The molecule has 2 aromatic rings. The molecule has 2 aromatic carbocycles. The van der Waals surface area contributed by atoms with Gasteiger partial charge in [-0.05, 0) is 47.4 Å². The van der Waals surface area contributed by atoms with Crippen LogP contribution in [0.5, 0.6) is 0 Å². The Morgan fingerprint density at radius 2 is 1.81 bits per heavy atom. The number of aryl methyl sites for hydroxylation is 1. The van der Waals surface area contributed by atoms with Gasteiger partial charge in [0, 0.05) is 5.57 Å². The third kappa shape index (κ3) is 3.48. The Hall–Kier alpha value is -2.62. The molecule has 0 bridgehead atoms. The number of benzene rings is 2. The number of nitrogens with zero attached hydrogens (tertiary/aromatic N) is 1. The zero-order valence-electron chi connectivity index (χ0n) is 12.3. The molecule has 0 heterocycles. The second-order valence-corrected chi connectivity index (χ2v) is 4.92. The summed E-state index contributed by atoms with van der Waals surface area (Å²) in [5.74, 6) is -0.598. The molecule has 0 saturated heterocycles. The van der Waals surface area contributed by atoms with Crippen LogP contribution in [0.4, 0.5) is 0 Å². The van der Waals surface area contributed by atoms with Gasteiger partial charge in [-0.1, -0.05) is 37.3 Å². The zero-order valence-corrected chi connectivity index (χ0v) is 12.3. The normalized spacial score (nSPS) is 11.4. The van der Waals surface area contributed by atoms with Gasteiger partial charge in [-0.15, -0.1) is 0 Å². The van der Waals surface area contributed by atoms with Gasteiger partial charge in [-0.3, -0.25) is 4.79 Å². The average molecular weight is 281 g/mol. The molecule has 0 aliphatic heterocycles. The van der Waals surface area contributed by atoms with Crippen LogP contribution in [0.15, 0.2) is 47.0 Å². The molecule has 0 saturated carbocycles. The van der Waals surface area contributed by atoms with Crippen molar-refractivity contribution in [3.63, 3.8) is 0 Å². The van der Waals surface area contributed by atoms with E-state index in [1.807, 2.05) is 32.1 Å². The Kier molecular flexibility index (Phi) is 4.38. The quantitative estimate of drug-likeness (QED) is 0.515. The monoisotopic (exact) mass is 281 g/mol. The molecule has 4 heteroatoms. The van der Waals surface area contributed by atoms with Crippen molar-refractivity contribution in [3.8, 4) is 0 Å². The molecule has 0 aliphatic carbocycles. The number of amides is 1. The van der Waals surface area contributed by atoms with E-state index in [0.717, 1.165) is 16.5 Å². The second kappa shape index (κ2) is 6.22. The van der Waals surface area contributed by atoms with Crippen molar-refractivity contribution in [2.75, 3.05) is 0 Å². The van der Waals surface area contributed by atoms with Gasteiger partial charge >= 0.3 is 0 Å². The van der Waals surface area contributed by atoms with E-state index in [2.05, 4.69) is 29.3 Å². The van der Waals surface area contributed by atoms with Crippen LogP contribution < -0.4 is 11.5 Å². The van der Waals surface area contributed by atoms with E-state index >= 15 is 0 Å². The molecule has 108 valence electrons. The van der Waals surface area contributed by atoms with Crippen LogP contribution in [0.1, 0.15) is 24.5 Å². The summed E-state index contributed by atoms with van der Waals surface area (Å²) in [4.78, 5) is 15.5. The molecule has 4 nitrogen and oxygen atoms in total. The van der Waals surface area contributed by atoms with Crippen LogP contribution in [0.3, 0.4) is 0 Å². The third-order valence-electron chi connectivity index (χ3n) is 3.35. The van der Waals surface area contributed by atoms with Crippen molar-refractivity contribution in [2.24, 2.45) is 16.5 Å². The molecule has 1 amide bonds. The first kappa shape index (κ1) is 14.8. The smallest absolute Gasteiger partial charge is 0.276 e. The first-order valence-corrected chi connectivity index (χ1v) is 6.85. The van der Waals surface area contributed by atoms with Gasteiger partial charge in [0.25, 0.3) is 5.91 Å². The summed E-state index contributed by atoms with van der Waals surface area (Å²) < 4.78 is 0. The lowest BCUT2D eigenvalue weighted by Crippen LogP contribution is -2.24. The maximum atomic E-state index is 11.9. The van der Waals surface area contributed by atoms with E-state index < -0.39 is 0 Å². The molecule has 0 aromatic heterocycles. The van der Waals surface area contributed by atoms with Gasteiger partial charge in [-0.2, -0.15) is 4.99 Å². The molecule has 2 rings (SSSR count). The van der Waals surface area contributed by atoms with Crippen LogP contribution in [0.2, 0.25) is 0 Å². The second-order valence-electron chi connectivity index (χ2n) is 4.92. The van der Waals surface area contributed by atoms with Crippen LogP contribution in [-0.2, 0) is 4.79 Å². The van der Waals surface area contributed by atoms with Gasteiger partial charge in [0.05, 0.1) is 0 Å². The van der Waals surface area contributed by atoms with Gasteiger partial charge < -0.3 is 11.5 Å². The largest absolute Gasteiger partial charge is 0.370 e. The average Bonchev–Trinajstić information content (AvgIpc) is 2.44. The maximum absolute atomic E-state index is 11.9. The Morgan fingerprint density at radius 3 is 2.38 bits per heavy atom. The van der Waals surface area contributed by atoms with Crippen molar-refractivity contribution < 1.29 is 4.79 Å². The predicted molar refractivity (Wildman–Crippen MR) is 87.8 cm³/mol. The number of carbonyl (C=O) groups excluding carboxylic acids is 1. The lowest BCUT2D eigenvalue weighted by molar-refractivity contribution is -0.114. The predicted octanol–water partition coefficient (Wildman–Crippen LogP) is 2.74. The Balaban J connectivity index is 2.49. The van der Waals surface area contributed by atoms with Gasteiger partial charge in [0.15, 0.2) is 5.96 Å². The number of nitrogens with two attached hydrogens (primary N) is 2. The minimum Gasteiger partial charge on any atom is -0.370 e. The summed E-state index contributed by atoms with van der Waals surface area (Å²) in [6.07, 6.45) is 2.43. The lowest BCUT2D eigenvalue weighted by Gasteiger charge is -2.06. The SMILES string of the molecule is CCC(=Cc1cc2ccccc2cc1C)C(=O)N=C(N)N. The summed E-state index contributed by atoms with van der Waals surface area (Å²) in [6, 6.07) is 12.3.